The van der Waals surface area contributed by atoms with E-state index in [0.717, 1.165) is 52.3 Å². The molecule has 0 radical (unpaired) electrons. The van der Waals surface area contributed by atoms with E-state index in [0.29, 0.717) is 29.2 Å². The largest absolute Gasteiger partial charge is 0.473 e. The first-order valence-corrected chi connectivity index (χ1v) is 12.9. The molecule has 0 unspecified atom stereocenters. The molecule has 36 heavy (non-hydrogen) atoms. The number of ether oxygens (including phenoxy) is 1. The Kier molecular flexibility index (Phi) is 6.08. The molecule has 5 aromatic rings. The molecule has 2 N–H and O–H groups in total. The maximum absolute atomic E-state index is 12.9. The molecule has 0 atom stereocenters. The molecule has 4 heterocycles. The van der Waals surface area contributed by atoms with Crippen molar-refractivity contribution in [3.05, 3.63) is 71.9 Å². The van der Waals surface area contributed by atoms with Crippen LogP contribution < -0.4 is 15.4 Å². The van der Waals surface area contributed by atoms with Crippen LogP contribution >= 0.6 is 11.3 Å². The number of aryl methyl sites for hydroxylation is 1. The predicted octanol–water partition coefficient (Wildman–Crippen LogP) is 4.31. The van der Waals surface area contributed by atoms with Crippen molar-refractivity contribution in [1.29, 1.82) is 0 Å². The average molecular weight is 499 g/mol. The van der Waals surface area contributed by atoms with Crippen molar-refractivity contribution < 1.29 is 9.53 Å². The fourth-order valence-corrected chi connectivity index (χ4v) is 5.60. The van der Waals surface area contributed by atoms with Crippen molar-refractivity contribution in [2.75, 3.05) is 13.1 Å². The molecule has 9 heteroatoms. The second kappa shape index (κ2) is 9.67. The number of amides is 1. The van der Waals surface area contributed by atoms with Gasteiger partial charge in [0.15, 0.2) is 11.3 Å². The Bertz CT molecular complexity index is 1520. The normalized spacial score (nSPS) is 14.4. The van der Waals surface area contributed by atoms with E-state index in [9.17, 15) is 4.79 Å². The zero-order chi connectivity index (χ0) is 24.5. The topological polar surface area (TPSA) is 94.0 Å². The number of nitrogens with one attached hydrogen (secondary N) is 2. The van der Waals surface area contributed by atoms with Crippen LogP contribution in [0.2, 0.25) is 0 Å². The van der Waals surface area contributed by atoms with Crippen molar-refractivity contribution >= 4 is 38.5 Å². The molecule has 8 nitrogen and oxygen atoms in total. The standard InChI is InChI=1S/C27H26N6O2S/c1-33-25-20(24(32-33)26(34)29-18-12-14-28-15-13-18)10-11-23(31-25)35-16-17-6-2-3-7-19(17)27-30-21-8-4-5-9-22(21)36-27/h2-11,18,28H,12-16H2,1H3,(H,29,34). The van der Waals surface area contributed by atoms with Crippen LogP contribution in [0.3, 0.4) is 0 Å². The summed E-state index contributed by atoms with van der Waals surface area (Å²) in [6.45, 7) is 2.18. The minimum absolute atomic E-state index is 0.160. The maximum atomic E-state index is 12.9. The summed E-state index contributed by atoms with van der Waals surface area (Å²) in [6.07, 6.45) is 1.84. The van der Waals surface area contributed by atoms with E-state index >= 15 is 0 Å². The molecule has 1 fully saturated rings. The fourth-order valence-electron chi connectivity index (χ4n) is 4.58. The third kappa shape index (κ3) is 4.43. The number of nitrogens with zero attached hydrogens (tertiary/aromatic N) is 4. The number of rotatable bonds is 6. The van der Waals surface area contributed by atoms with Gasteiger partial charge in [-0.1, -0.05) is 36.4 Å². The first kappa shape index (κ1) is 22.6. The van der Waals surface area contributed by atoms with Gasteiger partial charge in [0, 0.05) is 24.7 Å². The molecule has 0 saturated carbocycles. The van der Waals surface area contributed by atoms with Crippen molar-refractivity contribution in [3.8, 4) is 16.5 Å². The first-order valence-electron chi connectivity index (χ1n) is 12.1. The summed E-state index contributed by atoms with van der Waals surface area (Å²) in [4.78, 5) is 22.4. The Morgan fingerprint density at radius 3 is 2.75 bits per heavy atom. The lowest BCUT2D eigenvalue weighted by molar-refractivity contribution is 0.0925. The number of aromatic nitrogens is 4. The number of carbonyl (C=O) groups is 1. The van der Waals surface area contributed by atoms with Gasteiger partial charge in [-0.3, -0.25) is 4.79 Å². The van der Waals surface area contributed by atoms with E-state index in [1.807, 2.05) is 42.5 Å². The number of benzene rings is 2. The Morgan fingerprint density at radius 1 is 1.08 bits per heavy atom. The van der Waals surface area contributed by atoms with Gasteiger partial charge in [0.25, 0.3) is 5.91 Å². The highest BCUT2D eigenvalue weighted by Gasteiger charge is 2.22. The molecular weight excluding hydrogens is 472 g/mol. The van der Waals surface area contributed by atoms with E-state index in [1.165, 1.54) is 0 Å². The summed E-state index contributed by atoms with van der Waals surface area (Å²) < 4.78 is 8.89. The third-order valence-electron chi connectivity index (χ3n) is 6.47. The highest BCUT2D eigenvalue weighted by atomic mass is 32.1. The molecule has 1 aliphatic rings. The van der Waals surface area contributed by atoms with Crippen LogP contribution in [0, 0.1) is 0 Å². The Hall–Kier alpha value is -3.82. The van der Waals surface area contributed by atoms with Crippen LogP contribution in [-0.4, -0.2) is 44.8 Å². The van der Waals surface area contributed by atoms with E-state index < -0.39 is 0 Å². The maximum Gasteiger partial charge on any atom is 0.272 e. The van der Waals surface area contributed by atoms with Crippen LogP contribution in [0.1, 0.15) is 28.9 Å². The molecule has 0 spiro atoms. The van der Waals surface area contributed by atoms with E-state index in [2.05, 4.69) is 32.8 Å². The molecular formula is C27H26N6O2S. The number of fused-ring (bicyclic) bond motifs is 2. The van der Waals surface area contributed by atoms with Gasteiger partial charge >= 0.3 is 0 Å². The second-order valence-corrected chi connectivity index (χ2v) is 9.95. The molecule has 182 valence electrons. The highest BCUT2D eigenvalue weighted by Crippen LogP contribution is 2.32. The summed E-state index contributed by atoms with van der Waals surface area (Å²) in [5, 5.41) is 12.6. The molecule has 6 rings (SSSR count). The van der Waals surface area contributed by atoms with Crippen LogP contribution in [-0.2, 0) is 13.7 Å². The van der Waals surface area contributed by atoms with Crippen molar-refractivity contribution in [3.63, 3.8) is 0 Å². The number of piperidine rings is 1. The summed E-state index contributed by atoms with van der Waals surface area (Å²) in [7, 11) is 1.79. The van der Waals surface area contributed by atoms with Gasteiger partial charge in [-0.15, -0.1) is 11.3 Å². The lowest BCUT2D eigenvalue weighted by atomic mass is 10.1. The smallest absolute Gasteiger partial charge is 0.272 e. The fraction of sp³-hybridized carbons (Fsp3) is 0.259. The lowest BCUT2D eigenvalue weighted by Crippen LogP contribution is -2.42. The number of pyridine rings is 1. The van der Waals surface area contributed by atoms with E-state index in [4.69, 9.17) is 9.72 Å². The van der Waals surface area contributed by atoms with Gasteiger partial charge in [0.1, 0.15) is 11.6 Å². The van der Waals surface area contributed by atoms with Gasteiger partial charge in [-0.2, -0.15) is 10.1 Å². The number of hydrogen-bond acceptors (Lipinski definition) is 7. The average Bonchev–Trinajstić information content (AvgIpc) is 3.49. The quantitative estimate of drug-likeness (QED) is 0.362. The van der Waals surface area contributed by atoms with Crippen LogP contribution in [0.25, 0.3) is 31.8 Å². The van der Waals surface area contributed by atoms with Crippen LogP contribution in [0.15, 0.2) is 60.7 Å². The SMILES string of the molecule is Cn1nc(C(=O)NC2CCNCC2)c2ccc(OCc3ccccc3-c3nc4ccccc4s3)nc21. The molecule has 2 aromatic carbocycles. The number of thiazole rings is 1. The van der Waals surface area contributed by atoms with Gasteiger partial charge in [-0.25, -0.2) is 9.67 Å². The Morgan fingerprint density at radius 2 is 1.89 bits per heavy atom. The predicted molar refractivity (Wildman–Crippen MR) is 141 cm³/mol. The number of para-hydroxylation sites is 1. The molecule has 1 saturated heterocycles. The Balaban J connectivity index is 1.21. The summed E-state index contributed by atoms with van der Waals surface area (Å²) in [6, 6.07) is 20.1. The molecule has 0 aliphatic carbocycles. The van der Waals surface area contributed by atoms with Gasteiger partial charge in [0.2, 0.25) is 5.88 Å². The third-order valence-corrected chi connectivity index (χ3v) is 7.54. The van der Waals surface area contributed by atoms with Gasteiger partial charge in [-0.05, 0) is 49.7 Å². The monoisotopic (exact) mass is 498 g/mol. The van der Waals surface area contributed by atoms with Crippen molar-refractivity contribution in [1.82, 2.24) is 30.4 Å². The van der Waals surface area contributed by atoms with Gasteiger partial charge in [0.05, 0.1) is 15.6 Å². The highest BCUT2D eigenvalue weighted by molar-refractivity contribution is 7.21. The number of carbonyl (C=O) groups excluding carboxylic acids is 1. The summed E-state index contributed by atoms with van der Waals surface area (Å²) in [5.41, 5.74) is 4.09. The molecule has 0 bridgehead atoms. The van der Waals surface area contributed by atoms with Crippen LogP contribution in [0.4, 0.5) is 0 Å². The molecule has 3 aromatic heterocycles. The van der Waals surface area contributed by atoms with Crippen molar-refractivity contribution in [2.45, 2.75) is 25.5 Å². The summed E-state index contributed by atoms with van der Waals surface area (Å²) in [5.74, 6) is 0.322. The lowest BCUT2D eigenvalue weighted by Gasteiger charge is -2.23. The molecule has 1 amide bonds. The number of hydrogen-bond donors (Lipinski definition) is 2. The van der Waals surface area contributed by atoms with E-state index in [-0.39, 0.29) is 11.9 Å². The molecule has 1 aliphatic heterocycles. The zero-order valence-electron chi connectivity index (χ0n) is 19.9. The second-order valence-electron chi connectivity index (χ2n) is 8.92. The minimum atomic E-state index is -0.160. The van der Waals surface area contributed by atoms with Gasteiger partial charge < -0.3 is 15.4 Å². The van der Waals surface area contributed by atoms with Crippen LogP contribution in [0.5, 0.6) is 5.88 Å². The van der Waals surface area contributed by atoms with Crippen molar-refractivity contribution in [2.24, 2.45) is 7.05 Å². The summed E-state index contributed by atoms with van der Waals surface area (Å²) >= 11 is 1.67. The van der Waals surface area contributed by atoms with E-state index in [1.54, 1.807) is 29.1 Å². The Labute approximate surface area is 212 Å². The first-order chi connectivity index (χ1) is 17.7. The minimum Gasteiger partial charge on any atom is -0.473 e. The zero-order valence-corrected chi connectivity index (χ0v) is 20.7.